The van der Waals surface area contributed by atoms with E-state index in [4.69, 9.17) is 0 Å². The molecule has 0 aliphatic carbocycles. The van der Waals surface area contributed by atoms with Gasteiger partial charge in [0.15, 0.2) is 0 Å². The van der Waals surface area contributed by atoms with Gasteiger partial charge >= 0.3 is 0 Å². The molecule has 0 bridgehead atoms. The van der Waals surface area contributed by atoms with Crippen LogP contribution >= 0.6 is 11.3 Å². The highest BCUT2D eigenvalue weighted by molar-refractivity contribution is 7.13. The number of nitriles is 1. The predicted molar refractivity (Wildman–Crippen MR) is 87.9 cm³/mol. The maximum absolute atomic E-state index is 12.9. The van der Waals surface area contributed by atoms with Crippen LogP contribution in [0, 0.1) is 11.3 Å². The highest BCUT2D eigenvalue weighted by Gasteiger charge is 2.23. The number of nitrogens with zero attached hydrogens (tertiary/aromatic N) is 2. The van der Waals surface area contributed by atoms with Gasteiger partial charge in [-0.25, -0.2) is 0 Å². The van der Waals surface area contributed by atoms with Crippen LogP contribution in [0.2, 0.25) is 0 Å². The van der Waals surface area contributed by atoms with Crippen LogP contribution in [0.25, 0.3) is 21.7 Å². The third-order valence-corrected chi connectivity index (χ3v) is 5.02. The molecule has 1 aliphatic heterocycles. The van der Waals surface area contributed by atoms with E-state index in [0.717, 1.165) is 22.6 Å². The van der Waals surface area contributed by atoms with Crippen LogP contribution in [0.1, 0.15) is 11.1 Å². The van der Waals surface area contributed by atoms with Gasteiger partial charge in [0, 0.05) is 12.1 Å². The zero-order valence-corrected chi connectivity index (χ0v) is 12.6. The Balaban J connectivity index is 2.05. The lowest BCUT2D eigenvalue weighted by Crippen LogP contribution is -2.27. The second kappa shape index (κ2) is 4.97. The Morgan fingerprint density at radius 3 is 2.77 bits per heavy atom. The molecule has 0 atom stereocenters. The lowest BCUT2D eigenvalue weighted by molar-refractivity contribution is 0.663. The number of hydrogen-bond donors (Lipinski definition) is 0. The van der Waals surface area contributed by atoms with Crippen molar-refractivity contribution in [3.63, 3.8) is 0 Å². The van der Waals surface area contributed by atoms with Crippen molar-refractivity contribution in [2.45, 2.75) is 13.0 Å². The van der Waals surface area contributed by atoms with Crippen molar-refractivity contribution in [2.24, 2.45) is 0 Å². The summed E-state index contributed by atoms with van der Waals surface area (Å²) in [5.41, 5.74) is 4.02. The van der Waals surface area contributed by atoms with Crippen LogP contribution < -0.4 is 5.56 Å². The minimum absolute atomic E-state index is 0.0146. The molecular formula is C18H12N2OS. The van der Waals surface area contributed by atoms with Crippen molar-refractivity contribution in [1.82, 2.24) is 4.57 Å². The first-order chi connectivity index (χ1) is 10.8. The van der Waals surface area contributed by atoms with E-state index >= 15 is 0 Å². The molecule has 22 heavy (non-hydrogen) atoms. The summed E-state index contributed by atoms with van der Waals surface area (Å²) in [6.07, 6.45) is 0.842. The number of hydrogen-bond acceptors (Lipinski definition) is 3. The van der Waals surface area contributed by atoms with Gasteiger partial charge < -0.3 is 4.57 Å². The average Bonchev–Trinajstić information content (AvgIpc) is 3.05. The van der Waals surface area contributed by atoms with Gasteiger partial charge in [-0.05, 0) is 35.1 Å². The van der Waals surface area contributed by atoms with E-state index in [1.807, 2.05) is 35.7 Å². The van der Waals surface area contributed by atoms with E-state index in [0.29, 0.717) is 17.7 Å². The summed E-state index contributed by atoms with van der Waals surface area (Å²) in [6.45, 7) is 0.632. The summed E-state index contributed by atoms with van der Waals surface area (Å²) in [5.74, 6) is 0. The van der Waals surface area contributed by atoms with Gasteiger partial charge in [-0.2, -0.15) is 5.26 Å². The number of rotatable bonds is 1. The summed E-state index contributed by atoms with van der Waals surface area (Å²) in [5, 5.41) is 11.6. The van der Waals surface area contributed by atoms with Crippen LogP contribution in [0.5, 0.6) is 0 Å². The average molecular weight is 304 g/mol. The lowest BCUT2D eigenvalue weighted by Gasteiger charge is -2.21. The number of thiophene rings is 1. The maximum Gasteiger partial charge on any atom is 0.259 e. The largest absolute Gasteiger partial charge is 0.305 e. The molecule has 0 fully saturated rings. The molecule has 4 rings (SSSR count). The highest BCUT2D eigenvalue weighted by Crippen LogP contribution is 2.36. The Morgan fingerprint density at radius 2 is 2.00 bits per heavy atom. The second-order valence-corrected chi connectivity index (χ2v) is 6.20. The Bertz CT molecular complexity index is 961. The van der Waals surface area contributed by atoms with Crippen molar-refractivity contribution < 1.29 is 0 Å². The van der Waals surface area contributed by atoms with Crippen molar-refractivity contribution in [2.75, 3.05) is 0 Å². The lowest BCUT2D eigenvalue weighted by atomic mass is 9.99. The molecule has 0 spiro atoms. The molecule has 1 aliphatic rings. The first kappa shape index (κ1) is 13.1. The first-order valence-corrected chi connectivity index (χ1v) is 7.97. The van der Waals surface area contributed by atoms with Crippen molar-refractivity contribution in [1.29, 1.82) is 5.26 Å². The summed E-state index contributed by atoms with van der Waals surface area (Å²) >= 11 is 1.60. The number of benzene rings is 1. The monoisotopic (exact) mass is 304 g/mol. The Kier molecular flexibility index (Phi) is 2.95. The molecule has 0 radical (unpaired) electrons. The quantitative estimate of drug-likeness (QED) is 0.688. The molecule has 0 saturated heterocycles. The number of aryl methyl sites for hydroxylation is 1. The van der Waals surface area contributed by atoms with E-state index in [2.05, 4.69) is 12.1 Å². The highest BCUT2D eigenvalue weighted by atomic mass is 32.1. The number of pyridine rings is 1. The molecular weight excluding hydrogens is 292 g/mol. The second-order valence-electron chi connectivity index (χ2n) is 5.28. The number of fused-ring (bicyclic) bond motifs is 3. The molecule has 0 unspecified atom stereocenters. The zero-order valence-electron chi connectivity index (χ0n) is 11.7. The van der Waals surface area contributed by atoms with Gasteiger partial charge in [-0.3, -0.25) is 4.79 Å². The van der Waals surface area contributed by atoms with E-state index in [-0.39, 0.29) is 5.56 Å². The molecule has 1 aromatic carbocycles. The minimum atomic E-state index is -0.0146. The topological polar surface area (TPSA) is 45.8 Å². The molecule has 2 aromatic heterocycles. The summed E-state index contributed by atoms with van der Waals surface area (Å²) < 4.78 is 1.76. The third-order valence-electron chi connectivity index (χ3n) is 4.06. The normalized spacial score (nSPS) is 12.3. The molecule has 3 aromatic rings. The molecule has 3 heterocycles. The first-order valence-electron chi connectivity index (χ1n) is 7.09. The van der Waals surface area contributed by atoms with Crippen LogP contribution in [-0.4, -0.2) is 4.57 Å². The van der Waals surface area contributed by atoms with Crippen molar-refractivity contribution in [3.05, 3.63) is 69.3 Å². The fraction of sp³-hybridized carbons (Fsp3) is 0.111. The van der Waals surface area contributed by atoms with E-state index in [9.17, 15) is 10.1 Å². The summed E-state index contributed by atoms with van der Waals surface area (Å²) in [4.78, 5) is 13.9. The van der Waals surface area contributed by atoms with Crippen LogP contribution in [0.3, 0.4) is 0 Å². The SMILES string of the molecule is N#Cc1cc(-c2ccccc2)c(=O)n2c1-c1sccc1CC2. The molecule has 0 saturated carbocycles. The fourth-order valence-corrected chi connectivity index (χ4v) is 4.03. The Labute approximate surface area is 131 Å². The predicted octanol–water partition coefficient (Wildman–Crippen LogP) is 3.67. The summed E-state index contributed by atoms with van der Waals surface area (Å²) in [7, 11) is 0. The molecule has 4 heteroatoms. The standard InChI is InChI=1S/C18H12N2OS/c19-11-14-10-15(12-4-2-1-3-5-12)18(21)20-8-6-13-7-9-22-17(13)16(14)20/h1-5,7,9-10H,6,8H2. The molecule has 3 nitrogen and oxygen atoms in total. The number of aromatic nitrogens is 1. The van der Waals surface area contributed by atoms with Crippen molar-refractivity contribution in [3.8, 4) is 27.8 Å². The van der Waals surface area contributed by atoms with Crippen LogP contribution in [0.4, 0.5) is 0 Å². The molecule has 106 valence electrons. The fourth-order valence-electron chi connectivity index (χ4n) is 3.01. The molecule has 0 N–H and O–H groups in total. The maximum atomic E-state index is 12.9. The minimum Gasteiger partial charge on any atom is -0.305 e. The van der Waals surface area contributed by atoms with Gasteiger partial charge in [-0.15, -0.1) is 11.3 Å². The van der Waals surface area contributed by atoms with Gasteiger partial charge in [-0.1, -0.05) is 30.3 Å². The summed E-state index contributed by atoms with van der Waals surface area (Å²) in [6, 6.07) is 15.6. The smallest absolute Gasteiger partial charge is 0.259 e. The van der Waals surface area contributed by atoms with Gasteiger partial charge in [0.1, 0.15) is 6.07 Å². The van der Waals surface area contributed by atoms with E-state index in [1.54, 1.807) is 22.0 Å². The van der Waals surface area contributed by atoms with Crippen LogP contribution in [0.15, 0.2) is 52.6 Å². The van der Waals surface area contributed by atoms with Gasteiger partial charge in [0.05, 0.1) is 16.1 Å². The van der Waals surface area contributed by atoms with Crippen molar-refractivity contribution >= 4 is 11.3 Å². The van der Waals surface area contributed by atoms with Gasteiger partial charge in [0.2, 0.25) is 0 Å². The van der Waals surface area contributed by atoms with Gasteiger partial charge in [0.25, 0.3) is 5.56 Å². The molecule has 0 amide bonds. The Hall–Kier alpha value is -2.64. The van der Waals surface area contributed by atoms with E-state index in [1.165, 1.54) is 5.56 Å². The Morgan fingerprint density at radius 1 is 1.18 bits per heavy atom. The zero-order chi connectivity index (χ0) is 15.1. The van der Waals surface area contributed by atoms with E-state index < -0.39 is 0 Å². The van der Waals surface area contributed by atoms with Crippen LogP contribution in [-0.2, 0) is 13.0 Å². The third kappa shape index (κ3) is 1.83.